The molecule has 0 bridgehead atoms. The molecule has 5 aromatic carbocycles. The average molecular weight is 556 g/mol. The lowest BCUT2D eigenvalue weighted by Gasteiger charge is -2.12. The number of fused-ring (bicyclic) bond motifs is 3. The van der Waals surface area contributed by atoms with E-state index in [0.29, 0.717) is 16.9 Å². The lowest BCUT2D eigenvalue weighted by molar-refractivity contribution is 0.312. The van der Waals surface area contributed by atoms with Crippen molar-refractivity contribution in [2.45, 2.75) is 6.61 Å². The molecule has 1 atom stereocenters. The van der Waals surface area contributed by atoms with Gasteiger partial charge in [-0.25, -0.2) is 0 Å². The van der Waals surface area contributed by atoms with E-state index in [1.54, 1.807) is 30.3 Å². The minimum absolute atomic E-state index is 0.0288. The van der Waals surface area contributed by atoms with Gasteiger partial charge in [-0.2, -0.15) is 0 Å². The fraction of sp³-hybridized carbons (Fsp3) is 0.0323. The maximum atomic E-state index is 10.0. The van der Waals surface area contributed by atoms with E-state index in [2.05, 4.69) is 0 Å². The van der Waals surface area contributed by atoms with Crippen LogP contribution in [0.15, 0.2) is 130 Å². The normalized spacial score (nSPS) is 10.9. The number of para-hydroxylation sites is 5. The third-order valence-electron chi connectivity index (χ3n) is 5.88. The summed E-state index contributed by atoms with van der Waals surface area (Å²) in [5, 5.41) is 21.9. The van der Waals surface area contributed by atoms with E-state index in [4.69, 9.17) is 17.4 Å². The van der Waals surface area contributed by atoms with Gasteiger partial charge in [-0.3, -0.25) is 0 Å². The Kier molecular flexibility index (Phi) is 8.82. The lowest BCUT2D eigenvalue weighted by atomic mass is 10.0. The smallest absolute Gasteiger partial charge is 0.215 e. The van der Waals surface area contributed by atoms with E-state index in [0.717, 1.165) is 27.5 Å². The number of phenolic OH excluding ortho intramolecular Hbond substituents is 2. The van der Waals surface area contributed by atoms with Crippen molar-refractivity contribution in [2.75, 3.05) is 0 Å². The summed E-state index contributed by atoms with van der Waals surface area (Å²) in [4.78, 5) is 0. The minimum atomic E-state index is -0.223. The third kappa shape index (κ3) is 6.63. The van der Waals surface area contributed by atoms with Crippen LogP contribution in [0.25, 0.3) is 33.1 Å². The molecule has 1 heterocycles. The van der Waals surface area contributed by atoms with Gasteiger partial charge in [0.2, 0.25) is 17.7 Å². The minimum Gasteiger partial charge on any atom is -0.508 e. The predicted octanol–water partition coefficient (Wildman–Crippen LogP) is 9.20. The Morgan fingerprint density at radius 3 is 1.79 bits per heavy atom. The van der Waals surface area contributed by atoms with Crippen molar-refractivity contribution in [3.8, 4) is 28.4 Å². The maximum absolute atomic E-state index is 10.0. The molecule has 0 fully saturated rings. The highest BCUT2D eigenvalue weighted by atomic mass is 31.1. The summed E-state index contributed by atoms with van der Waals surface area (Å²) in [7, 11) is -0.194. The fourth-order valence-electron chi connectivity index (χ4n) is 3.96. The molecule has 6 nitrogen and oxygen atoms in total. The number of hydrogen-bond acceptors (Lipinski definition) is 6. The summed E-state index contributed by atoms with van der Waals surface area (Å²) in [6.45, 7) is 0.268. The third-order valence-corrected chi connectivity index (χ3v) is 7.05. The first-order valence-corrected chi connectivity index (χ1v) is 13.8. The van der Waals surface area contributed by atoms with Gasteiger partial charge >= 0.3 is 0 Å². The molecule has 39 heavy (non-hydrogen) atoms. The number of aromatic hydroxyl groups is 2. The summed E-state index contributed by atoms with van der Waals surface area (Å²) in [6, 6.07) is 37.6. The summed E-state index contributed by atoms with van der Waals surface area (Å²) in [5.41, 5.74) is 4.00. The maximum Gasteiger partial charge on any atom is 0.215 e. The number of hydrogen-bond donors (Lipinski definition) is 2. The van der Waals surface area contributed by atoms with Crippen LogP contribution in [0, 0.1) is 0 Å². The largest absolute Gasteiger partial charge is 0.508 e. The van der Waals surface area contributed by atoms with Gasteiger partial charge in [-0.05, 0) is 30.3 Å². The van der Waals surface area contributed by atoms with Crippen LogP contribution in [0.2, 0.25) is 0 Å². The first-order chi connectivity index (χ1) is 19.2. The van der Waals surface area contributed by atoms with Gasteiger partial charge in [0.15, 0.2) is 0 Å². The average Bonchev–Trinajstić information content (AvgIpc) is 3.17. The van der Waals surface area contributed by atoms with Crippen molar-refractivity contribution in [1.29, 1.82) is 0 Å². The number of rotatable bonds is 6. The summed E-state index contributed by atoms with van der Waals surface area (Å²) in [6.07, 6.45) is 0. The number of benzene rings is 5. The lowest BCUT2D eigenvalue weighted by Crippen LogP contribution is -1.89. The van der Waals surface area contributed by atoms with E-state index in [9.17, 15) is 10.2 Å². The molecule has 0 saturated carbocycles. The molecule has 2 N–H and O–H groups in total. The van der Waals surface area contributed by atoms with Gasteiger partial charge in [0.25, 0.3) is 0 Å². The first-order valence-electron chi connectivity index (χ1n) is 12.2. The van der Waals surface area contributed by atoms with Gasteiger partial charge < -0.3 is 27.7 Å². The highest BCUT2D eigenvalue weighted by molar-refractivity contribution is 7.26. The standard InChI is InChI=1S/C19H17O4P.C12H9O2P/c20-17-10-4-1-7-14(17)13-22-24-23-19-12-6-3-9-16(19)15-8-2-5-11-18(15)21;1-3-7-11-9(5-1)10-6-2-4-8-12(10)14-15-13-11/h1-12,20-21,24H,13H2;1-8,15H. The summed E-state index contributed by atoms with van der Waals surface area (Å²) < 4.78 is 22.3. The van der Waals surface area contributed by atoms with Crippen molar-refractivity contribution < 1.29 is 27.7 Å². The summed E-state index contributed by atoms with van der Waals surface area (Å²) in [5.74, 6) is 1.04. The molecule has 6 aromatic rings. The second kappa shape index (κ2) is 13.0. The fourth-order valence-corrected chi connectivity index (χ4v) is 5.08. The van der Waals surface area contributed by atoms with E-state index < -0.39 is 0 Å². The van der Waals surface area contributed by atoms with Crippen molar-refractivity contribution in [2.24, 2.45) is 0 Å². The van der Waals surface area contributed by atoms with Crippen LogP contribution in [0.1, 0.15) is 5.56 Å². The van der Waals surface area contributed by atoms with Crippen LogP contribution in [0.3, 0.4) is 0 Å². The van der Waals surface area contributed by atoms with Crippen LogP contribution < -0.4 is 4.52 Å². The van der Waals surface area contributed by atoms with Crippen LogP contribution in [0.4, 0.5) is 0 Å². The van der Waals surface area contributed by atoms with Crippen molar-refractivity contribution in [3.05, 3.63) is 127 Å². The summed E-state index contributed by atoms with van der Waals surface area (Å²) >= 11 is 0. The molecule has 0 saturated heterocycles. The zero-order valence-corrected chi connectivity index (χ0v) is 22.8. The molecule has 8 heteroatoms. The van der Waals surface area contributed by atoms with E-state index in [-0.39, 0.29) is 35.8 Å². The van der Waals surface area contributed by atoms with Crippen LogP contribution in [0.5, 0.6) is 17.2 Å². The van der Waals surface area contributed by atoms with Gasteiger partial charge in [-0.15, -0.1) is 0 Å². The SMILES string of the molecule is Oc1ccccc1COPOc1ccccc1-c1ccccc1O.c1ccc2c(c1)o[pH]oc1ccccc12. The van der Waals surface area contributed by atoms with E-state index >= 15 is 0 Å². The number of phenols is 2. The molecule has 0 aliphatic heterocycles. The Balaban J connectivity index is 0.000000175. The van der Waals surface area contributed by atoms with Gasteiger partial charge in [0.1, 0.15) is 28.4 Å². The Morgan fingerprint density at radius 2 is 1.13 bits per heavy atom. The molecule has 0 amide bonds. The second-order valence-electron chi connectivity index (χ2n) is 8.40. The van der Waals surface area contributed by atoms with Gasteiger partial charge in [0, 0.05) is 27.5 Å². The van der Waals surface area contributed by atoms with Crippen LogP contribution >= 0.6 is 17.7 Å². The molecular formula is C31H26O6P2. The molecule has 0 radical (unpaired) electrons. The Morgan fingerprint density at radius 1 is 0.590 bits per heavy atom. The molecular weight excluding hydrogens is 530 g/mol. The zero-order chi connectivity index (χ0) is 26.9. The molecule has 0 aliphatic rings. The Labute approximate surface area is 229 Å². The monoisotopic (exact) mass is 556 g/mol. The molecule has 1 aromatic heterocycles. The van der Waals surface area contributed by atoms with E-state index in [1.165, 1.54) is 0 Å². The zero-order valence-electron chi connectivity index (χ0n) is 20.8. The molecule has 6 rings (SSSR count). The van der Waals surface area contributed by atoms with Crippen LogP contribution in [-0.2, 0) is 11.1 Å². The Hall–Kier alpha value is -4.21. The molecule has 0 spiro atoms. The molecule has 0 aliphatic carbocycles. The predicted molar refractivity (Wildman–Crippen MR) is 158 cm³/mol. The van der Waals surface area contributed by atoms with Crippen LogP contribution in [-0.4, -0.2) is 10.2 Å². The van der Waals surface area contributed by atoms with Gasteiger partial charge in [0.05, 0.1) is 6.61 Å². The molecule has 196 valence electrons. The van der Waals surface area contributed by atoms with Gasteiger partial charge in [-0.1, -0.05) is 91.0 Å². The highest BCUT2D eigenvalue weighted by Gasteiger charge is 2.10. The van der Waals surface area contributed by atoms with Crippen molar-refractivity contribution in [3.63, 3.8) is 0 Å². The molecule has 1 unspecified atom stereocenters. The van der Waals surface area contributed by atoms with Crippen molar-refractivity contribution in [1.82, 2.24) is 0 Å². The topological polar surface area (TPSA) is 85.2 Å². The Bertz CT molecular complexity index is 1660. The van der Waals surface area contributed by atoms with Crippen molar-refractivity contribution >= 4 is 39.6 Å². The quantitative estimate of drug-likeness (QED) is 0.157. The van der Waals surface area contributed by atoms with E-state index in [1.807, 2.05) is 91.0 Å². The first kappa shape index (κ1) is 26.4. The highest BCUT2D eigenvalue weighted by Crippen LogP contribution is 2.38. The second-order valence-corrected chi connectivity index (χ2v) is 9.63.